The molecule has 0 aromatic rings. The zero-order chi connectivity index (χ0) is 13.3. The van der Waals surface area contributed by atoms with Crippen molar-refractivity contribution in [3.63, 3.8) is 0 Å². The summed E-state index contributed by atoms with van der Waals surface area (Å²) in [5.41, 5.74) is 4.97. The summed E-state index contributed by atoms with van der Waals surface area (Å²) in [4.78, 5) is 13.5. The summed E-state index contributed by atoms with van der Waals surface area (Å²) in [6, 6.07) is 0. The highest BCUT2D eigenvalue weighted by atomic mass is 16.4. The molecule has 102 valence electrons. The van der Waals surface area contributed by atoms with Gasteiger partial charge in [-0.05, 0) is 25.9 Å². The molecule has 0 aliphatic carbocycles. The molecular formula is C13H28N2O2. The lowest BCUT2D eigenvalue weighted by Crippen LogP contribution is -2.50. The summed E-state index contributed by atoms with van der Waals surface area (Å²) in [5.74, 6) is -0.860. The van der Waals surface area contributed by atoms with Crippen molar-refractivity contribution >= 4 is 5.97 Å². The second kappa shape index (κ2) is 8.48. The molecule has 0 fully saturated rings. The van der Waals surface area contributed by atoms with E-state index in [0.717, 1.165) is 38.9 Å². The van der Waals surface area contributed by atoms with Crippen molar-refractivity contribution in [2.45, 2.75) is 58.4 Å². The van der Waals surface area contributed by atoms with Gasteiger partial charge in [0.05, 0.1) is 0 Å². The lowest BCUT2D eigenvalue weighted by Gasteiger charge is -2.28. The molecule has 4 nitrogen and oxygen atoms in total. The van der Waals surface area contributed by atoms with Crippen LogP contribution in [0.15, 0.2) is 0 Å². The van der Waals surface area contributed by atoms with Crippen LogP contribution in [-0.4, -0.2) is 41.1 Å². The molecule has 1 atom stereocenters. The Morgan fingerprint density at radius 3 is 2.18 bits per heavy atom. The normalized spacial score (nSPS) is 14.9. The van der Waals surface area contributed by atoms with Crippen molar-refractivity contribution in [1.29, 1.82) is 0 Å². The van der Waals surface area contributed by atoms with Crippen molar-refractivity contribution in [1.82, 2.24) is 4.90 Å². The summed E-state index contributed by atoms with van der Waals surface area (Å²) >= 11 is 0. The first-order chi connectivity index (χ1) is 8.00. The van der Waals surface area contributed by atoms with Gasteiger partial charge >= 0.3 is 5.97 Å². The van der Waals surface area contributed by atoms with E-state index in [9.17, 15) is 9.90 Å². The molecule has 0 amide bonds. The Morgan fingerprint density at radius 2 is 1.76 bits per heavy atom. The van der Waals surface area contributed by atoms with Crippen molar-refractivity contribution < 1.29 is 9.90 Å². The van der Waals surface area contributed by atoms with E-state index in [1.165, 1.54) is 0 Å². The Bertz CT molecular complexity index is 217. The Kier molecular flexibility index (Phi) is 8.17. The molecule has 0 bridgehead atoms. The Labute approximate surface area is 105 Å². The maximum Gasteiger partial charge on any atom is 0.323 e. The van der Waals surface area contributed by atoms with Crippen LogP contribution in [0.2, 0.25) is 0 Å². The predicted molar refractivity (Wildman–Crippen MR) is 71.1 cm³/mol. The van der Waals surface area contributed by atoms with Crippen LogP contribution in [0.25, 0.3) is 0 Å². The van der Waals surface area contributed by atoms with E-state index < -0.39 is 11.5 Å². The molecule has 3 N–H and O–H groups in total. The van der Waals surface area contributed by atoms with Crippen LogP contribution in [0.3, 0.4) is 0 Å². The van der Waals surface area contributed by atoms with E-state index in [2.05, 4.69) is 25.7 Å². The Morgan fingerprint density at radius 1 is 1.18 bits per heavy atom. The van der Waals surface area contributed by atoms with E-state index in [4.69, 9.17) is 5.73 Å². The van der Waals surface area contributed by atoms with Crippen LogP contribution < -0.4 is 5.73 Å². The average Bonchev–Trinajstić information content (AvgIpc) is 2.30. The predicted octanol–water partition coefficient (Wildman–Crippen LogP) is 2.08. The Hall–Kier alpha value is -0.610. The van der Waals surface area contributed by atoms with E-state index in [1.807, 2.05) is 0 Å². The number of nitrogens with zero attached hydrogens (tertiary/aromatic N) is 1. The number of carboxylic acids is 1. The van der Waals surface area contributed by atoms with Crippen molar-refractivity contribution in [2.75, 3.05) is 19.6 Å². The Balaban J connectivity index is 4.25. The molecule has 0 heterocycles. The second-order valence-electron chi connectivity index (χ2n) is 4.70. The molecule has 0 aromatic heterocycles. The number of carbonyl (C=O) groups is 1. The lowest BCUT2D eigenvalue weighted by molar-refractivity contribution is -0.144. The van der Waals surface area contributed by atoms with Crippen LogP contribution >= 0.6 is 0 Å². The highest BCUT2D eigenvalue weighted by Gasteiger charge is 2.33. The summed E-state index contributed by atoms with van der Waals surface area (Å²) in [6.07, 6.45) is 4.16. The minimum absolute atomic E-state index is 0.535. The zero-order valence-corrected chi connectivity index (χ0v) is 11.5. The quantitative estimate of drug-likeness (QED) is 0.577. The van der Waals surface area contributed by atoms with Gasteiger partial charge in [-0.2, -0.15) is 0 Å². The van der Waals surface area contributed by atoms with Gasteiger partial charge in [0.25, 0.3) is 0 Å². The largest absolute Gasteiger partial charge is 0.480 e. The highest BCUT2D eigenvalue weighted by Crippen LogP contribution is 2.17. The molecule has 4 heteroatoms. The number of hydrogen-bond donors (Lipinski definition) is 2. The molecule has 0 radical (unpaired) electrons. The van der Waals surface area contributed by atoms with Crippen LogP contribution in [-0.2, 0) is 4.79 Å². The maximum atomic E-state index is 11.3. The molecule has 1 unspecified atom stereocenters. The van der Waals surface area contributed by atoms with Crippen molar-refractivity contribution in [3.8, 4) is 0 Å². The lowest BCUT2D eigenvalue weighted by atomic mass is 9.89. The third-order valence-corrected chi connectivity index (χ3v) is 3.42. The molecule has 0 aliphatic rings. The number of carboxylic acid groups (broad SMARTS) is 1. The van der Waals surface area contributed by atoms with Gasteiger partial charge in [-0.1, -0.05) is 40.0 Å². The van der Waals surface area contributed by atoms with E-state index in [0.29, 0.717) is 12.8 Å². The third-order valence-electron chi connectivity index (χ3n) is 3.42. The zero-order valence-electron chi connectivity index (χ0n) is 11.5. The second-order valence-corrected chi connectivity index (χ2v) is 4.70. The van der Waals surface area contributed by atoms with Gasteiger partial charge in [0.1, 0.15) is 5.54 Å². The summed E-state index contributed by atoms with van der Waals surface area (Å²) in [5, 5.41) is 9.25. The highest BCUT2D eigenvalue weighted by molar-refractivity contribution is 5.78. The minimum Gasteiger partial charge on any atom is -0.480 e. The van der Waals surface area contributed by atoms with Crippen molar-refractivity contribution in [2.24, 2.45) is 5.73 Å². The fourth-order valence-electron chi connectivity index (χ4n) is 1.93. The number of nitrogens with two attached hydrogens (primary N) is 1. The van der Waals surface area contributed by atoms with Gasteiger partial charge in [0.2, 0.25) is 0 Å². The first-order valence-corrected chi connectivity index (χ1v) is 6.74. The molecule has 17 heavy (non-hydrogen) atoms. The van der Waals surface area contributed by atoms with Gasteiger partial charge in [-0.15, -0.1) is 0 Å². The van der Waals surface area contributed by atoms with Gasteiger partial charge in [-0.25, -0.2) is 0 Å². The SMILES string of the molecule is CCCCCC(N)(CCN(CC)CC)C(=O)O. The number of aliphatic carboxylic acids is 1. The monoisotopic (exact) mass is 244 g/mol. The van der Waals surface area contributed by atoms with Crippen LogP contribution in [0.1, 0.15) is 52.9 Å². The summed E-state index contributed by atoms with van der Waals surface area (Å²) in [6.45, 7) is 8.93. The minimum atomic E-state index is -1.04. The topological polar surface area (TPSA) is 66.6 Å². The summed E-state index contributed by atoms with van der Waals surface area (Å²) in [7, 11) is 0. The van der Waals surface area contributed by atoms with Crippen LogP contribution in [0.5, 0.6) is 0 Å². The number of hydrogen-bond acceptors (Lipinski definition) is 3. The van der Waals surface area contributed by atoms with Gasteiger partial charge in [0.15, 0.2) is 0 Å². The molecule has 0 rings (SSSR count). The third kappa shape index (κ3) is 6.03. The molecule has 0 spiro atoms. The number of unbranched alkanes of at least 4 members (excludes halogenated alkanes) is 2. The van der Waals surface area contributed by atoms with Crippen LogP contribution in [0.4, 0.5) is 0 Å². The average molecular weight is 244 g/mol. The van der Waals surface area contributed by atoms with Crippen molar-refractivity contribution in [3.05, 3.63) is 0 Å². The fourth-order valence-corrected chi connectivity index (χ4v) is 1.93. The first-order valence-electron chi connectivity index (χ1n) is 6.74. The molecular weight excluding hydrogens is 216 g/mol. The van der Waals surface area contributed by atoms with E-state index in [-0.39, 0.29) is 0 Å². The first kappa shape index (κ1) is 16.4. The van der Waals surface area contributed by atoms with E-state index in [1.54, 1.807) is 0 Å². The maximum absolute atomic E-state index is 11.3. The molecule has 0 aromatic carbocycles. The molecule has 0 aliphatic heterocycles. The smallest absolute Gasteiger partial charge is 0.323 e. The molecule has 0 saturated carbocycles. The van der Waals surface area contributed by atoms with E-state index >= 15 is 0 Å². The summed E-state index contributed by atoms with van der Waals surface area (Å²) < 4.78 is 0. The van der Waals surface area contributed by atoms with Gasteiger partial charge in [0, 0.05) is 6.54 Å². The number of rotatable bonds is 10. The standard InChI is InChI=1S/C13H28N2O2/c1-4-7-8-9-13(14,12(16)17)10-11-15(5-2)6-3/h4-11,14H2,1-3H3,(H,16,17). The van der Waals surface area contributed by atoms with Gasteiger partial charge < -0.3 is 15.7 Å². The van der Waals surface area contributed by atoms with Crippen LogP contribution in [0, 0.1) is 0 Å². The fraction of sp³-hybridized carbons (Fsp3) is 0.923. The van der Waals surface area contributed by atoms with Gasteiger partial charge in [-0.3, -0.25) is 4.79 Å². The molecule has 0 saturated heterocycles.